The summed E-state index contributed by atoms with van der Waals surface area (Å²) in [5.74, 6) is 0.177. The second-order valence-corrected chi connectivity index (χ2v) is 8.16. The maximum Gasteiger partial charge on any atom is 0.265 e. The zero-order chi connectivity index (χ0) is 20.5. The van der Waals surface area contributed by atoms with E-state index in [-0.39, 0.29) is 22.3 Å². The molecule has 3 rings (SSSR count). The standard InChI is InChI=1S/C19H22N4O4S/c1-5-13-8-6-7-9-15(13)22-28(25,26)17-10-16(27-12(17)2)18-14(11-20-21-18)19(24)23(3)4/h6-11,22H,5H2,1-4H3,(H,20,21). The fourth-order valence-corrected chi connectivity index (χ4v) is 4.14. The quantitative estimate of drug-likeness (QED) is 0.659. The van der Waals surface area contributed by atoms with Crippen molar-refractivity contribution >= 4 is 21.6 Å². The molecule has 2 heterocycles. The normalized spacial score (nSPS) is 11.4. The molecular formula is C19H22N4O4S. The van der Waals surface area contributed by atoms with Crippen molar-refractivity contribution in [3.63, 3.8) is 0 Å². The molecule has 0 saturated carbocycles. The van der Waals surface area contributed by atoms with Crippen molar-refractivity contribution in [2.45, 2.75) is 25.2 Å². The van der Waals surface area contributed by atoms with Gasteiger partial charge in [0, 0.05) is 20.2 Å². The Balaban J connectivity index is 1.99. The lowest BCUT2D eigenvalue weighted by atomic mass is 10.1. The van der Waals surface area contributed by atoms with Crippen LogP contribution in [0, 0.1) is 6.92 Å². The van der Waals surface area contributed by atoms with Gasteiger partial charge in [0.05, 0.1) is 17.4 Å². The molecule has 0 spiro atoms. The van der Waals surface area contributed by atoms with E-state index in [1.807, 2.05) is 19.1 Å². The lowest BCUT2D eigenvalue weighted by Crippen LogP contribution is -2.21. The monoisotopic (exact) mass is 402 g/mol. The van der Waals surface area contributed by atoms with E-state index in [4.69, 9.17) is 4.42 Å². The van der Waals surface area contributed by atoms with Gasteiger partial charge >= 0.3 is 0 Å². The van der Waals surface area contributed by atoms with Crippen LogP contribution in [0.2, 0.25) is 0 Å². The number of amides is 1. The second-order valence-electron chi connectivity index (χ2n) is 6.51. The van der Waals surface area contributed by atoms with E-state index in [2.05, 4.69) is 14.9 Å². The van der Waals surface area contributed by atoms with Crippen molar-refractivity contribution in [3.8, 4) is 11.5 Å². The summed E-state index contributed by atoms with van der Waals surface area (Å²) in [5.41, 5.74) is 2.04. The molecular weight excluding hydrogens is 380 g/mol. The highest BCUT2D eigenvalue weighted by atomic mass is 32.2. The SMILES string of the molecule is CCc1ccccc1NS(=O)(=O)c1cc(-c2[nH]ncc2C(=O)N(C)C)oc1C. The third kappa shape index (κ3) is 3.65. The molecule has 1 amide bonds. The molecule has 28 heavy (non-hydrogen) atoms. The number of nitrogens with one attached hydrogen (secondary N) is 2. The van der Waals surface area contributed by atoms with E-state index in [1.165, 1.54) is 17.2 Å². The van der Waals surface area contributed by atoms with E-state index in [0.29, 0.717) is 23.4 Å². The van der Waals surface area contributed by atoms with E-state index in [1.54, 1.807) is 33.2 Å². The van der Waals surface area contributed by atoms with Crippen LogP contribution in [0.5, 0.6) is 0 Å². The largest absolute Gasteiger partial charge is 0.458 e. The molecule has 0 unspecified atom stereocenters. The average Bonchev–Trinajstić information content (AvgIpc) is 3.27. The van der Waals surface area contributed by atoms with Crippen LogP contribution in [-0.2, 0) is 16.4 Å². The first-order valence-electron chi connectivity index (χ1n) is 8.71. The summed E-state index contributed by atoms with van der Waals surface area (Å²) in [6, 6.07) is 8.62. The molecule has 0 radical (unpaired) electrons. The summed E-state index contributed by atoms with van der Waals surface area (Å²) in [5, 5.41) is 6.61. The predicted octanol–water partition coefficient (Wildman–Crippen LogP) is 3.04. The van der Waals surface area contributed by atoms with Crippen LogP contribution in [0.3, 0.4) is 0 Å². The lowest BCUT2D eigenvalue weighted by Gasteiger charge is -2.10. The van der Waals surface area contributed by atoms with Gasteiger partial charge in [-0.05, 0) is 25.0 Å². The number of hydrogen-bond acceptors (Lipinski definition) is 5. The average molecular weight is 402 g/mol. The van der Waals surface area contributed by atoms with Crippen LogP contribution in [-0.4, -0.2) is 43.5 Å². The fourth-order valence-electron chi connectivity index (χ4n) is 2.86. The number of aromatic amines is 1. The van der Waals surface area contributed by atoms with Crippen LogP contribution in [0.25, 0.3) is 11.5 Å². The molecule has 0 aliphatic carbocycles. The van der Waals surface area contributed by atoms with Gasteiger partial charge in [-0.25, -0.2) is 8.42 Å². The number of hydrogen-bond donors (Lipinski definition) is 2. The Labute approximate surface area is 163 Å². The van der Waals surface area contributed by atoms with Crippen LogP contribution in [0.1, 0.15) is 28.6 Å². The summed E-state index contributed by atoms with van der Waals surface area (Å²) in [7, 11) is -0.625. The van der Waals surface area contributed by atoms with Gasteiger partial charge in [0.15, 0.2) is 5.76 Å². The number of furan rings is 1. The topological polar surface area (TPSA) is 108 Å². The molecule has 148 valence electrons. The van der Waals surface area contributed by atoms with Crippen molar-refractivity contribution in [2.75, 3.05) is 18.8 Å². The predicted molar refractivity (Wildman–Crippen MR) is 106 cm³/mol. The first kappa shape index (κ1) is 19.7. The maximum absolute atomic E-state index is 12.9. The van der Waals surface area contributed by atoms with Gasteiger partial charge in [-0.3, -0.25) is 14.6 Å². The zero-order valence-corrected chi connectivity index (χ0v) is 16.9. The van der Waals surface area contributed by atoms with E-state index >= 15 is 0 Å². The van der Waals surface area contributed by atoms with Gasteiger partial charge in [-0.2, -0.15) is 5.10 Å². The number of para-hydroxylation sites is 1. The molecule has 0 fully saturated rings. The number of anilines is 1. The number of carbonyl (C=O) groups is 1. The summed E-state index contributed by atoms with van der Waals surface area (Å²) in [6.07, 6.45) is 2.08. The number of aryl methyl sites for hydroxylation is 2. The van der Waals surface area contributed by atoms with Crippen LogP contribution in [0.15, 0.2) is 45.8 Å². The highest BCUT2D eigenvalue weighted by molar-refractivity contribution is 7.92. The van der Waals surface area contributed by atoms with Crippen molar-refractivity contribution in [1.82, 2.24) is 15.1 Å². The number of sulfonamides is 1. The van der Waals surface area contributed by atoms with Gasteiger partial charge in [0.1, 0.15) is 16.3 Å². The Morgan fingerprint density at radius 3 is 2.68 bits per heavy atom. The molecule has 0 atom stereocenters. The number of rotatable bonds is 6. The number of nitrogens with zero attached hydrogens (tertiary/aromatic N) is 2. The highest BCUT2D eigenvalue weighted by Crippen LogP contribution is 2.31. The van der Waals surface area contributed by atoms with Gasteiger partial charge in [-0.1, -0.05) is 25.1 Å². The molecule has 8 nitrogen and oxygen atoms in total. The minimum absolute atomic E-state index is 0.00579. The van der Waals surface area contributed by atoms with Crippen LogP contribution >= 0.6 is 0 Å². The van der Waals surface area contributed by atoms with E-state index in [0.717, 1.165) is 5.56 Å². The maximum atomic E-state index is 12.9. The third-order valence-corrected chi connectivity index (χ3v) is 5.80. The first-order valence-corrected chi connectivity index (χ1v) is 10.2. The number of benzene rings is 1. The molecule has 3 aromatic rings. The van der Waals surface area contributed by atoms with Crippen molar-refractivity contribution in [1.29, 1.82) is 0 Å². The number of aromatic nitrogens is 2. The Morgan fingerprint density at radius 1 is 1.29 bits per heavy atom. The molecule has 9 heteroatoms. The molecule has 2 N–H and O–H groups in total. The molecule has 2 aromatic heterocycles. The van der Waals surface area contributed by atoms with Gasteiger partial charge in [-0.15, -0.1) is 0 Å². The third-order valence-electron chi connectivity index (χ3n) is 4.33. The van der Waals surface area contributed by atoms with E-state index in [9.17, 15) is 13.2 Å². The van der Waals surface area contributed by atoms with Crippen molar-refractivity contribution in [3.05, 3.63) is 53.4 Å². The Kier molecular flexibility index (Phi) is 5.28. The summed E-state index contributed by atoms with van der Waals surface area (Å²) >= 11 is 0. The molecule has 0 aliphatic rings. The zero-order valence-electron chi connectivity index (χ0n) is 16.1. The summed E-state index contributed by atoms with van der Waals surface area (Å²) in [6.45, 7) is 3.52. The summed E-state index contributed by atoms with van der Waals surface area (Å²) < 4.78 is 34.1. The van der Waals surface area contributed by atoms with Gasteiger partial charge in [0.25, 0.3) is 15.9 Å². The smallest absolute Gasteiger partial charge is 0.265 e. The Hall–Kier alpha value is -3.07. The van der Waals surface area contributed by atoms with Gasteiger partial charge in [0.2, 0.25) is 0 Å². The Bertz CT molecular complexity index is 1110. The number of H-pyrrole nitrogens is 1. The minimum Gasteiger partial charge on any atom is -0.458 e. The van der Waals surface area contributed by atoms with E-state index < -0.39 is 10.0 Å². The van der Waals surface area contributed by atoms with Crippen LogP contribution < -0.4 is 4.72 Å². The molecule has 0 saturated heterocycles. The second kappa shape index (κ2) is 7.51. The van der Waals surface area contributed by atoms with Gasteiger partial charge < -0.3 is 9.32 Å². The Morgan fingerprint density at radius 2 is 2.00 bits per heavy atom. The van der Waals surface area contributed by atoms with Crippen molar-refractivity contribution < 1.29 is 17.6 Å². The van der Waals surface area contributed by atoms with Crippen LogP contribution in [0.4, 0.5) is 5.69 Å². The molecule has 1 aromatic carbocycles. The first-order chi connectivity index (χ1) is 13.2. The summed E-state index contributed by atoms with van der Waals surface area (Å²) in [4.78, 5) is 13.7. The lowest BCUT2D eigenvalue weighted by molar-refractivity contribution is 0.0828. The minimum atomic E-state index is -3.87. The highest BCUT2D eigenvalue weighted by Gasteiger charge is 2.26. The fraction of sp³-hybridized carbons (Fsp3) is 0.263. The number of carbonyl (C=O) groups excluding carboxylic acids is 1. The molecule has 0 bridgehead atoms. The van der Waals surface area contributed by atoms with Crippen molar-refractivity contribution in [2.24, 2.45) is 0 Å². The molecule has 0 aliphatic heterocycles.